The molecule has 1 aromatic carbocycles. The zero-order valence-electron chi connectivity index (χ0n) is 21.1. The molecule has 2 N–H and O–H groups in total. The minimum Gasteiger partial charge on any atom is -0.352 e. The van der Waals surface area contributed by atoms with Crippen LogP contribution in [0.5, 0.6) is 0 Å². The summed E-state index contributed by atoms with van der Waals surface area (Å²) in [6.45, 7) is 7.79. The number of benzene rings is 1. The fourth-order valence-electron chi connectivity index (χ4n) is 5.69. The first-order chi connectivity index (χ1) is 16.6. The van der Waals surface area contributed by atoms with E-state index in [9.17, 15) is 19.2 Å². The first-order valence-corrected chi connectivity index (χ1v) is 12.8. The molecule has 2 heterocycles. The second-order valence-electron chi connectivity index (χ2n) is 11.4. The number of carbonyl (C=O) groups excluding carboxylic acids is 4. The van der Waals surface area contributed by atoms with Crippen LogP contribution < -0.4 is 10.6 Å². The van der Waals surface area contributed by atoms with E-state index in [0.29, 0.717) is 51.2 Å². The number of nitrogens with one attached hydrogen (secondary N) is 2. The van der Waals surface area contributed by atoms with Crippen molar-refractivity contribution in [2.45, 2.75) is 71.4 Å². The summed E-state index contributed by atoms with van der Waals surface area (Å²) in [5.41, 5.74) is 0.364. The molecule has 3 aliphatic rings. The average Bonchev–Trinajstić information content (AvgIpc) is 3.06. The Morgan fingerprint density at radius 3 is 2.26 bits per heavy atom. The van der Waals surface area contributed by atoms with Gasteiger partial charge in [-0.1, -0.05) is 51.1 Å². The summed E-state index contributed by atoms with van der Waals surface area (Å²) in [4.78, 5) is 54.1. The van der Waals surface area contributed by atoms with Gasteiger partial charge in [-0.25, -0.2) is 4.79 Å². The van der Waals surface area contributed by atoms with Gasteiger partial charge in [0.1, 0.15) is 12.1 Å². The zero-order valence-corrected chi connectivity index (χ0v) is 21.1. The van der Waals surface area contributed by atoms with E-state index in [1.54, 1.807) is 4.90 Å². The molecular weight excluding hydrogens is 444 g/mol. The molecule has 1 aliphatic carbocycles. The molecule has 8 nitrogen and oxygen atoms in total. The van der Waals surface area contributed by atoms with Crippen LogP contribution in [0.3, 0.4) is 0 Å². The lowest BCUT2D eigenvalue weighted by molar-refractivity contribution is -0.141. The summed E-state index contributed by atoms with van der Waals surface area (Å²) in [5, 5.41) is 5.89. The maximum atomic E-state index is 13.2. The van der Waals surface area contributed by atoms with Crippen LogP contribution in [0.15, 0.2) is 30.3 Å². The molecule has 1 saturated carbocycles. The Morgan fingerprint density at radius 1 is 1.03 bits per heavy atom. The average molecular weight is 483 g/mol. The quantitative estimate of drug-likeness (QED) is 0.630. The van der Waals surface area contributed by atoms with Crippen LogP contribution in [0.4, 0.5) is 4.79 Å². The number of likely N-dealkylation sites (tertiary alicyclic amines) is 1. The number of carbonyl (C=O) groups is 4. The number of urea groups is 1. The van der Waals surface area contributed by atoms with Crippen molar-refractivity contribution < 1.29 is 19.2 Å². The van der Waals surface area contributed by atoms with Crippen LogP contribution in [-0.2, 0) is 20.9 Å². The summed E-state index contributed by atoms with van der Waals surface area (Å²) < 4.78 is 0. The second kappa shape index (κ2) is 9.99. The number of nitrogens with zero attached hydrogens (tertiary/aromatic N) is 2. The molecule has 2 aliphatic heterocycles. The van der Waals surface area contributed by atoms with Crippen molar-refractivity contribution in [1.29, 1.82) is 0 Å². The van der Waals surface area contributed by atoms with Crippen LogP contribution in [-0.4, -0.2) is 58.7 Å². The highest BCUT2D eigenvalue weighted by Crippen LogP contribution is 2.43. The summed E-state index contributed by atoms with van der Waals surface area (Å²) in [6.07, 6.45) is 4.16. The normalized spacial score (nSPS) is 25.6. The molecule has 5 amide bonds. The van der Waals surface area contributed by atoms with Crippen molar-refractivity contribution in [3.05, 3.63) is 35.9 Å². The van der Waals surface area contributed by atoms with Crippen molar-refractivity contribution in [3.63, 3.8) is 0 Å². The van der Waals surface area contributed by atoms with E-state index >= 15 is 0 Å². The van der Waals surface area contributed by atoms with Crippen molar-refractivity contribution in [2.24, 2.45) is 17.3 Å². The third-order valence-corrected chi connectivity index (χ3v) is 8.13. The predicted octanol–water partition coefficient (Wildman–Crippen LogP) is 3.07. The molecule has 0 atom stereocenters. The molecule has 0 bridgehead atoms. The fourth-order valence-corrected chi connectivity index (χ4v) is 5.69. The molecule has 3 fully saturated rings. The van der Waals surface area contributed by atoms with E-state index in [-0.39, 0.29) is 35.6 Å². The van der Waals surface area contributed by atoms with Gasteiger partial charge < -0.3 is 15.5 Å². The molecule has 0 radical (unpaired) electrons. The molecule has 190 valence electrons. The Labute approximate surface area is 207 Å². The first kappa shape index (κ1) is 25.2. The minimum absolute atomic E-state index is 0.00264. The van der Waals surface area contributed by atoms with E-state index in [1.165, 1.54) is 0 Å². The third kappa shape index (κ3) is 5.52. The number of amides is 5. The summed E-state index contributed by atoms with van der Waals surface area (Å²) in [7, 11) is 0. The van der Waals surface area contributed by atoms with Gasteiger partial charge in [0.05, 0.1) is 0 Å². The Balaban J connectivity index is 1.25. The van der Waals surface area contributed by atoms with Gasteiger partial charge in [-0.2, -0.15) is 0 Å². The Bertz CT molecular complexity index is 955. The van der Waals surface area contributed by atoms with E-state index < -0.39 is 11.6 Å². The summed E-state index contributed by atoms with van der Waals surface area (Å²) in [5.74, 6) is -0.126. The van der Waals surface area contributed by atoms with Gasteiger partial charge in [0.15, 0.2) is 0 Å². The number of imide groups is 1. The number of hydrogen-bond donors (Lipinski definition) is 2. The Morgan fingerprint density at radius 2 is 1.66 bits per heavy atom. The highest BCUT2D eigenvalue weighted by atomic mass is 16.2. The van der Waals surface area contributed by atoms with E-state index in [0.717, 1.165) is 23.3 Å². The standard InChI is InChI=1S/C27H38N4O4/c1-26(2,3)21-9-13-27(14-10-21)24(34)31(25(35)29-27)18-22(32)30-15-11-20(12-16-30)23(33)28-17-19-7-5-4-6-8-19/h4-8,20-21H,9-18H2,1-3H3,(H,28,33)(H,29,35). The first-order valence-electron chi connectivity index (χ1n) is 12.8. The fraction of sp³-hybridized carbons (Fsp3) is 0.630. The van der Waals surface area contributed by atoms with Gasteiger partial charge in [0.2, 0.25) is 11.8 Å². The van der Waals surface area contributed by atoms with Gasteiger partial charge in [-0.3, -0.25) is 19.3 Å². The van der Waals surface area contributed by atoms with E-state index in [4.69, 9.17) is 0 Å². The van der Waals surface area contributed by atoms with Crippen LogP contribution >= 0.6 is 0 Å². The molecular formula is C27H38N4O4. The van der Waals surface area contributed by atoms with Crippen LogP contribution in [0.1, 0.15) is 64.9 Å². The maximum absolute atomic E-state index is 13.2. The van der Waals surface area contributed by atoms with Crippen molar-refractivity contribution in [2.75, 3.05) is 19.6 Å². The number of piperidine rings is 1. The molecule has 1 aromatic rings. The van der Waals surface area contributed by atoms with Crippen LogP contribution in [0.25, 0.3) is 0 Å². The number of hydrogen-bond acceptors (Lipinski definition) is 4. The summed E-state index contributed by atoms with van der Waals surface area (Å²) >= 11 is 0. The van der Waals surface area contributed by atoms with Crippen molar-refractivity contribution >= 4 is 23.8 Å². The minimum atomic E-state index is -0.858. The lowest BCUT2D eigenvalue weighted by Gasteiger charge is -2.40. The van der Waals surface area contributed by atoms with Crippen LogP contribution in [0, 0.1) is 17.3 Å². The Kier molecular flexibility index (Phi) is 7.20. The lowest BCUT2D eigenvalue weighted by atomic mass is 9.67. The molecule has 8 heteroatoms. The largest absolute Gasteiger partial charge is 0.352 e. The lowest BCUT2D eigenvalue weighted by Crippen LogP contribution is -2.51. The predicted molar refractivity (Wildman–Crippen MR) is 132 cm³/mol. The van der Waals surface area contributed by atoms with Crippen molar-refractivity contribution in [1.82, 2.24) is 20.4 Å². The number of rotatable bonds is 5. The molecule has 4 rings (SSSR count). The van der Waals surface area contributed by atoms with Crippen LogP contribution in [0.2, 0.25) is 0 Å². The smallest absolute Gasteiger partial charge is 0.325 e. The van der Waals surface area contributed by atoms with Gasteiger partial charge in [0, 0.05) is 25.6 Å². The van der Waals surface area contributed by atoms with E-state index in [1.807, 2.05) is 30.3 Å². The SMILES string of the molecule is CC(C)(C)C1CCC2(CC1)NC(=O)N(CC(=O)N1CCC(C(=O)NCc3ccccc3)CC1)C2=O. The summed E-state index contributed by atoms with van der Waals surface area (Å²) in [6, 6.07) is 9.29. The molecule has 0 aromatic heterocycles. The molecule has 1 spiro atoms. The highest BCUT2D eigenvalue weighted by Gasteiger charge is 2.53. The molecule has 0 unspecified atom stereocenters. The molecule has 35 heavy (non-hydrogen) atoms. The maximum Gasteiger partial charge on any atom is 0.325 e. The van der Waals surface area contributed by atoms with Gasteiger partial charge in [0.25, 0.3) is 5.91 Å². The second-order valence-corrected chi connectivity index (χ2v) is 11.4. The third-order valence-electron chi connectivity index (χ3n) is 8.13. The highest BCUT2D eigenvalue weighted by molar-refractivity contribution is 6.09. The zero-order chi connectivity index (χ0) is 25.2. The van der Waals surface area contributed by atoms with Crippen molar-refractivity contribution in [3.8, 4) is 0 Å². The molecule has 2 saturated heterocycles. The van der Waals surface area contributed by atoms with Gasteiger partial charge in [-0.15, -0.1) is 0 Å². The Hall–Kier alpha value is -2.90. The topological polar surface area (TPSA) is 98.8 Å². The van der Waals surface area contributed by atoms with Gasteiger partial charge >= 0.3 is 6.03 Å². The van der Waals surface area contributed by atoms with Gasteiger partial charge in [-0.05, 0) is 55.4 Å². The van der Waals surface area contributed by atoms with E-state index in [2.05, 4.69) is 31.4 Å². The monoisotopic (exact) mass is 482 g/mol.